The summed E-state index contributed by atoms with van der Waals surface area (Å²) in [6, 6.07) is 2.31. The predicted molar refractivity (Wildman–Crippen MR) is 134 cm³/mol. The van der Waals surface area contributed by atoms with Gasteiger partial charge in [0.05, 0.1) is 38.7 Å². The van der Waals surface area contributed by atoms with Crippen molar-refractivity contribution in [2.24, 2.45) is 0 Å². The monoisotopic (exact) mass is 516 g/mol. The fraction of sp³-hybridized carbons (Fsp3) is 0.593. The SMILES string of the molecule is COCCC(=O)N(C1CCCCC1)[C@@H]1C=C(C(=O)NCCO)[C@@H]2c3cc(C=O)cc(OC)c3O[C@@H]2[C@H]1O. The van der Waals surface area contributed by atoms with E-state index in [1.165, 1.54) is 14.2 Å². The fourth-order valence-corrected chi connectivity index (χ4v) is 5.82. The first-order chi connectivity index (χ1) is 17.9. The number of aliphatic hydroxyl groups excluding tert-OH is 2. The van der Waals surface area contributed by atoms with Crippen molar-refractivity contribution in [3.63, 3.8) is 0 Å². The van der Waals surface area contributed by atoms with E-state index >= 15 is 0 Å². The molecular weight excluding hydrogens is 480 g/mol. The van der Waals surface area contributed by atoms with Gasteiger partial charge in [-0.25, -0.2) is 0 Å². The summed E-state index contributed by atoms with van der Waals surface area (Å²) in [4.78, 5) is 40.2. The van der Waals surface area contributed by atoms with Crippen molar-refractivity contribution in [3.8, 4) is 11.5 Å². The fourth-order valence-electron chi connectivity index (χ4n) is 5.82. The average Bonchev–Trinajstić information content (AvgIpc) is 3.32. The molecule has 2 aliphatic carbocycles. The third kappa shape index (κ3) is 5.37. The van der Waals surface area contributed by atoms with Gasteiger partial charge in [0.15, 0.2) is 11.5 Å². The Morgan fingerprint density at radius 3 is 2.62 bits per heavy atom. The summed E-state index contributed by atoms with van der Waals surface area (Å²) < 4.78 is 16.8. The number of ether oxygens (including phenoxy) is 3. The highest BCUT2D eigenvalue weighted by molar-refractivity contribution is 5.96. The van der Waals surface area contributed by atoms with Gasteiger partial charge in [-0.15, -0.1) is 0 Å². The number of amides is 2. The highest BCUT2D eigenvalue weighted by Gasteiger charge is 2.52. The molecule has 3 N–H and O–H groups in total. The van der Waals surface area contributed by atoms with Gasteiger partial charge in [-0.2, -0.15) is 0 Å². The maximum atomic E-state index is 13.5. The Morgan fingerprint density at radius 2 is 1.97 bits per heavy atom. The van der Waals surface area contributed by atoms with Crippen molar-refractivity contribution in [1.29, 1.82) is 0 Å². The normalized spacial score (nSPS) is 24.8. The lowest BCUT2D eigenvalue weighted by Crippen LogP contribution is -2.58. The summed E-state index contributed by atoms with van der Waals surface area (Å²) in [7, 11) is 2.99. The standard InChI is InChI=1S/C27H36N2O8/c1-35-11-8-22(32)29(17-6-4-3-5-7-17)20-14-19(27(34)28-9-10-30)23-18-12-16(15-31)13-21(36-2)25(18)37-26(23)24(20)33/h12-15,17,20,23-24,26,30,33H,3-11H2,1-2H3,(H,28,34)/t20-,23+,24+,26+/m1/s1. The topological polar surface area (TPSA) is 135 Å². The number of hydrogen-bond acceptors (Lipinski definition) is 8. The minimum atomic E-state index is -1.13. The number of carbonyl (C=O) groups is 3. The van der Waals surface area contributed by atoms with E-state index in [1.807, 2.05) is 0 Å². The van der Waals surface area contributed by atoms with Gasteiger partial charge >= 0.3 is 0 Å². The molecule has 1 saturated carbocycles. The Hall–Kier alpha value is -2.95. The molecule has 1 aromatic rings. The van der Waals surface area contributed by atoms with Crippen molar-refractivity contribution in [2.45, 2.75) is 68.7 Å². The van der Waals surface area contributed by atoms with Crippen LogP contribution in [0.4, 0.5) is 0 Å². The molecule has 37 heavy (non-hydrogen) atoms. The Bertz CT molecular complexity index is 1040. The van der Waals surface area contributed by atoms with Crippen molar-refractivity contribution >= 4 is 18.1 Å². The number of aliphatic hydroxyl groups is 2. The van der Waals surface area contributed by atoms with Crippen LogP contribution in [0.1, 0.15) is 60.4 Å². The van der Waals surface area contributed by atoms with E-state index < -0.39 is 30.1 Å². The molecule has 1 aromatic carbocycles. The Balaban J connectivity index is 1.80. The zero-order valence-corrected chi connectivity index (χ0v) is 21.4. The van der Waals surface area contributed by atoms with Crippen molar-refractivity contribution in [3.05, 3.63) is 34.9 Å². The number of rotatable bonds is 10. The molecule has 1 fully saturated rings. The van der Waals surface area contributed by atoms with Crippen molar-refractivity contribution < 1.29 is 38.8 Å². The number of nitrogens with zero attached hydrogens (tertiary/aromatic N) is 1. The third-order valence-corrected chi connectivity index (χ3v) is 7.51. The number of methoxy groups -OCH3 is 2. The van der Waals surface area contributed by atoms with Gasteiger partial charge in [-0.05, 0) is 31.1 Å². The molecule has 0 radical (unpaired) electrons. The lowest BCUT2D eigenvalue weighted by Gasteiger charge is -2.45. The van der Waals surface area contributed by atoms with Crippen molar-refractivity contribution in [2.75, 3.05) is 34.0 Å². The molecule has 1 aliphatic heterocycles. The molecule has 4 rings (SSSR count). The lowest BCUT2D eigenvalue weighted by molar-refractivity contribution is -0.142. The highest BCUT2D eigenvalue weighted by Crippen LogP contribution is 2.51. The zero-order chi connectivity index (χ0) is 26.5. The van der Waals surface area contributed by atoms with Gasteiger partial charge in [0.2, 0.25) is 11.8 Å². The number of aldehydes is 1. The summed E-state index contributed by atoms with van der Waals surface area (Å²) in [6.07, 6.45) is 5.17. The summed E-state index contributed by atoms with van der Waals surface area (Å²) in [5, 5.41) is 23.7. The molecule has 0 bridgehead atoms. The summed E-state index contributed by atoms with van der Waals surface area (Å²) in [5.74, 6) is -0.581. The smallest absolute Gasteiger partial charge is 0.247 e. The van der Waals surface area contributed by atoms with E-state index in [-0.39, 0.29) is 38.1 Å². The van der Waals surface area contributed by atoms with Gasteiger partial charge in [0.25, 0.3) is 0 Å². The number of hydrogen-bond donors (Lipinski definition) is 3. The van der Waals surface area contributed by atoms with Crippen LogP contribution in [0, 0.1) is 0 Å². The van der Waals surface area contributed by atoms with Crippen molar-refractivity contribution in [1.82, 2.24) is 10.2 Å². The van der Waals surface area contributed by atoms with Gasteiger partial charge in [-0.1, -0.05) is 19.3 Å². The molecule has 1 heterocycles. The first-order valence-electron chi connectivity index (χ1n) is 12.9. The first-order valence-corrected chi connectivity index (χ1v) is 12.9. The quantitative estimate of drug-likeness (QED) is 0.397. The van der Waals surface area contributed by atoms with Crippen LogP contribution in [0.5, 0.6) is 11.5 Å². The maximum absolute atomic E-state index is 13.5. The largest absolute Gasteiger partial charge is 0.493 e. The number of nitrogens with one attached hydrogen (secondary N) is 1. The van der Waals surface area contributed by atoms with Crippen LogP contribution in [-0.4, -0.2) is 91.5 Å². The second kappa shape index (κ2) is 12.1. The van der Waals surface area contributed by atoms with E-state index in [9.17, 15) is 24.6 Å². The molecule has 202 valence electrons. The third-order valence-electron chi connectivity index (χ3n) is 7.51. The second-order valence-electron chi connectivity index (χ2n) is 9.74. The van der Waals surface area contributed by atoms with Crippen LogP contribution in [0.3, 0.4) is 0 Å². The van der Waals surface area contributed by atoms with Gasteiger partial charge in [0, 0.05) is 36.4 Å². The molecule has 4 atom stereocenters. The van der Waals surface area contributed by atoms with Gasteiger partial charge in [-0.3, -0.25) is 14.4 Å². The molecule has 0 unspecified atom stereocenters. The zero-order valence-electron chi connectivity index (χ0n) is 21.4. The van der Waals surface area contributed by atoms with Gasteiger partial charge < -0.3 is 34.6 Å². The first kappa shape index (κ1) is 27.1. The van der Waals surface area contributed by atoms with E-state index in [0.29, 0.717) is 34.5 Å². The minimum absolute atomic E-state index is 0.0469. The second-order valence-corrected chi connectivity index (χ2v) is 9.74. The highest BCUT2D eigenvalue weighted by atomic mass is 16.5. The Morgan fingerprint density at radius 1 is 1.22 bits per heavy atom. The van der Waals surface area contributed by atoms with Gasteiger partial charge in [0.1, 0.15) is 18.5 Å². The van der Waals surface area contributed by atoms with Crippen LogP contribution in [0.2, 0.25) is 0 Å². The summed E-state index contributed by atoms with van der Waals surface area (Å²) in [6.45, 7) is 0.0580. The molecule has 2 amide bonds. The molecule has 3 aliphatic rings. The van der Waals surface area contributed by atoms with E-state index in [1.54, 1.807) is 23.1 Å². The van der Waals surface area contributed by atoms with Crippen LogP contribution < -0.4 is 14.8 Å². The maximum Gasteiger partial charge on any atom is 0.247 e. The van der Waals surface area contributed by atoms with Crippen LogP contribution in [0.15, 0.2) is 23.8 Å². The molecule has 10 nitrogen and oxygen atoms in total. The minimum Gasteiger partial charge on any atom is -0.493 e. The molecule has 10 heteroatoms. The van der Waals surface area contributed by atoms with Crippen LogP contribution in [0.25, 0.3) is 0 Å². The predicted octanol–water partition coefficient (Wildman–Crippen LogP) is 1.33. The Kier molecular flexibility index (Phi) is 8.83. The number of benzene rings is 1. The molecular formula is C27H36N2O8. The van der Waals surface area contributed by atoms with Crippen LogP contribution >= 0.6 is 0 Å². The van der Waals surface area contributed by atoms with E-state index in [2.05, 4.69) is 5.32 Å². The lowest BCUT2D eigenvalue weighted by atomic mass is 9.76. The van der Waals surface area contributed by atoms with E-state index in [0.717, 1.165) is 32.1 Å². The molecule has 0 saturated heterocycles. The molecule has 0 spiro atoms. The van der Waals surface area contributed by atoms with Crippen LogP contribution in [-0.2, 0) is 14.3 Å². The Labute approximate surface area is 216 Å². The average molecular weight is 517 g/mol. The summed E-state index contributed by atoms with van der Waals surface area (Å²) >= 11 is 0. The number of fused-ring (bicyclic) bond motifs is 3. The molecule has 0 aromatic heterocycles. The van der Waals surface area contributed by atoms with E-state index in [4.69, 9.17) is 14.2 Å². The number of carbonyl (C=O) groups excluding carboxylic acids is 3. The summed E-state index contributed by atoms with van der Waals surface area (Å²) in [5.41, 5.74) is 1.23.